The molecular weight excluding hydrogens is 282 g/mol. The van der Waals surface area contributed by atoms with Gasteiger partial charge in [-0.25, -0.2) is 4.79 Å². The average Bonchev–Trinajstić information content (AvgIpc) is 2.30. The second kappa shape index (κ2) is 5.45. The Morgan fingerprint density at radius 3 is 2.59 bits per heavy atom. The molecule has 1 aromatic heterocycles. The SMILES string of the molecule is O=C(Nc1cccnc1)Nc1cccc(Br)c1. The summed E-state index contributed by atoms with van der Waals surface area (Å²) in [6.07, 6.45) is 3.23. The van der Waals surface area contributed by atoms with Crippen molar-refractivity contribution in [1.29, 1.82) is 0 Å². The smallest absolute Gasteiger partial charge is 0.308 e. The molecule has 86 valence electrons. The number of amides is 2. The van der Waals surface area contributed by atoms with E-state index in [1.807, 2.05) is 24.3 Å². The highest BCUT2D eigenvalue weighted by Crippen LogP contribution is 2.15. The molecule has 4 nitrogen and oxygen atoms in total. The lowest BCUT2D eigenvalue weighted by atomic mass is 10.3. The Kier molecular flexibility index (Phi) is 3.72. The number of carbonyl (C=O) groups is 1. The van der Waals surface area contributed by atoms with Crippen molar-refractivity contribution in [3.63, 3.8) is 0 Å². The molecule has 0 radical (unpaired) electrons. The molecule has 2 rings (SSSR count). The van der Waals surface area contributed by atoms with Gasteiger partial charge >= 0.3 is 6.03 Å². The van der Waals surface area contributed by atoms with E-state index in [1.54, 1.807) is 24.5 Å². The Hall–Kier alpha value is -1.88. The minimum absolute atomic E-state index is 0.295. The van der Waals surface area contributed by atoms with Crippen LogP contribution >= 0.6 is 15.9 Å². The molecule has 0 atom stereocenters. The molecule has 0 saturated heterocycles. The zero-order chi connectivity index (χ0) is 12.1. The van der Waals surface area contributed by atoms with Crippen LogP contribution in [0.5, 0.6) is 0 Å². The van der Waals surface area contributed by atoms with Crippen molar-refractivity contribution in [2.45, 2.75) is 0 Å². The normalized spacial score (nSPS) is 9.71. The lowest BCUT2D eigenvalue weighted by Gasteiger charge is -2.07. The van der Waals surface area contributed by atoms with E-state index in [2.05, 4.69) is 31.5 Å². The maximum absolute atomic E-state index is 11.6. The quantitative estimate of drug-likeness (QED) is 0.890. The summed E-state index contributed by atoms with van der Waals surface area (Å²) in [5.74, 6) is 0. The summed E-state index contributed by atoms with van der Waals surface area (Å²) in [6.45, 7) is 0. The number of nitrogens with one attached hydrogen (secondary N) is 2. The Labute approximate surface area is 107 Å². The van der Waals surface area contributed by atoms with E-state index < -0.39 is 0 Å². The number of nitrogens with zero attached hydrogens (tertiary/aromatic N) is 1. The largest absolute Gasteiger partial charge is 0.323 e. The number of carbonyl (C=O) groups excluding carboxylic acids is 1. The maximum atomic E-state index is 11.6. The molecule has 5 heteroatoms. The van der Waals surface area contributed by atoms with Crippen molar-refractivity contribution >= 4 is 33.3 Å². The van der Waals surface area contributed by atoms with Gasteiger partial charge in [0.2, 0.25) is 0 Å². The van der Waals surface area contributed by atoms with E-state index in [-0.39, 0.29) is 6.03 Å². The molecule has 0 unspecified atom stereocenters. The highest BCUT2D eigenvalue weighted by atomic mass is 79.9. The second-order valence-corrected chi connectivity index (χ2v) is 4.25. The summed E-state index contributed by atoms with van der Waals surface area (Å²) in [5, 5.41) is 5.41. The van der Waals surface area contributed by atoms with Crippen LogP contribution in [0, 0.1) is 0 Å². The Balaban J connectivity index is 1.98. The molecule has 2 amide bonds. The topological polar surface area (TPSA) is 54.0 Å². The van der Waals surface area contributed by atoms with Crippen LogP contribution in [-0.4, -0.2) is 11.0 Å². The molecule has 0 aliphatic heterocycles. The fourth-order valence-electron chi connectivity index (χ4n) is 1.30. The van der Waals surface area contributed by atoms with Crippen molar-refractivity contribution in [1.82, 2.24) is 4.98 Å². The number of halogens is 1. The molecule has 0 spiro atoms. The van der Waals surface area contributed by atoms with Gasteiger partial charge in [-0.15, -0.1) is 0 Å². The Morgan fingerprint density at radius 1 is 1.12 bits per heavy atom. The van der Waals surface area contributed by atoms with Crippen LogP contribution in [0.4, 0.5) is 16.2 Å². The van der Waals surface area contributed by atoms with Gasteiger partial charge in [-0.2, -0.15) is 0 Å². The summed E-state index contributed by atoms with van der Waals surface area (Å²) in [5.41, 5.74) is 1.38. The number of hydrogen-bond donors (Lipinski definition) is 2. The number of anilines is 2. The minimum Gasteiger partial charge on any atom is -0.308 e. The first-order chi connectivity index (χ1) is 8.24. The van der Waals surface area contributed by atoms with Crippen molar-refractivity contribution in [2.75, 3.05) is 10.6 Å². The fourth-order valence-corrected chi connectivity index (χ4v) is 1.70. The summed E-state index contributed by atoms with van der Waals surface area (Å²) in [4.78, 5) is 15.5. The van der Waals surface area contributed by atoms with Crippen LogP contribution in [0.3, 0.4) is 0 Å². The van der Waals surface area contributed by atoms with Crippen LogP contribution in [-0.2, 0) is 0 Å². The third-order valence-corrected chi connectivity index (χ3v) is 2.50. The van der Waals surface area contributed by atoms with Crippen molar-refractivity contribution in [3.05, 3.63) is 53.3 Å². The third kappa shape index (κ3) is 3.57. The van der Waals surface area contributed by atoms with Crippen LogP contribution in [0.25, 0.3) is 0 Å². The molecule has 17 heavy (non-hydrogen) atoms. The van der Waals surface area contributed by atoms with Gasteiger partial charge in [0.05, 0.1) is 11.9 Å². The molecule has 1 heterocycles. The van der Waals surface area contributed by atoms with E-state index in [0.717, 1.165) is 10.2 Å². The van der Waals surface area contributed by atoms with Gasteiger partial charge in [-0.1, -0.05) is 22.0 Å². The number of aromatic nitrogens is 1. The monoisotopic (exact) mass is 291 g/mol. The molecule has 2 aromatic rings. The molecule has 0 bridgehead atoms. The van der Waals surface area contributed by atoms with Crippen LogP contribution < -0.4 is 10.6 Å². The predicted molar refractivity (Wildman–Crippen MR) is 71.0 cm³/mol. The fraction of sp³-hybridized carbons (Fsp3) is 0. The lowest BCUT2D eigenvalue weighted by Crippen LogP contribution is -2.19. The number of rotatable bonds is 2. The van der Waals surface area contributed by atoms with E-state index >= 15 is 0 Å². The minimum atomic E-state index is -0.295. The van der Waals surface area contributed by atoms with Gasteiger partial charge in [0.15, 0.2) is 0 Å². The molecule has 1 aromatic carbocycles. The Morgan fingerprint density at radius 2 is 1.88 bits per heavy atom. The van der Waals surface area contributed by atoms with Gasteiger partial charge in [-0.05, 0) is 30.3 Å². The highest BCUT2D eigenvalue weighted by molar-refractivity contribution is 9.10. The van der Waals surface area contributed by atoms with Crippen molar-refractivity contribution in [3.8, 4) is 0 Å². The van der Waals surface area contributed by atoms with Gasteiger partial charge in [0, 0.05) is 16.4 Å². The third-order valence-electron chi connectivity index (χ3n) is 2.00. The van der Waals surface area contributed by atoms with E-state index in [9.17, 15) is 4.79 Å². The maximum Gasteiger partial charge on any atom is 0.323 e. The predicted octanol–water partition coefficient (Wildman–Crippen LogP) is 3.49. The zero-order valence-corrected chi connectivity index (χ0v) is 10.4. The van der Waals surface area contributed by atoms with Gasteiger partial charge in [0.1, 0.15) is 0 Å². The highest BCUT2D eigenvalue weighted by Gasteiger charge is 2.02. The standard InChI is InChI=1S/C12H10BrN3O/c13-9-3-1-4-10(7-9)15-12(17)16-11-5-2-6-14-8-11/h1-8H,(H2,15,16,17). The first-order valence-corrected chi connectivity index (χ1v) is 5.77. The summed E-state index contributed by atoms with van der Waals surface area (Å²) in [7, 11) is 0. The van der Waals surface area contributed by atoms with Gasteiger partial charge in [0.25, 0.3) is 0 Å². The summed E-state index contributed by atoms with van der Waals surface area (Å²) < 4.78 is 0.914. The lowest BCUT2D eigenvalue weighted by molar-refractivity contribution is 0.262. The molecule has 0 aliphatic rings. The number of benzene rings is 1. The molecule has 0 fully saturated rings. The molecule has 2 N–H and O–H groups in total. The first-order valence-electron chi connectivity index (χ1n) is 4.97. The van der Waals surface area contributed by atoms with E-state index in [0.29, 0.717) is 5.69 Å². The summed E-state index contributed by atoms with van der Waals surface area (Å²) in [6, 6.07) is 10.6. The molecule has 0 saturated carbocycles. The van der Waals surface area contributed by atoms with Gasteiger partial charge in [-0.3, -0.25) is 4.98 Å². The van der Waals surface area contributed by atoms with Crippen LogP contribution in [0.2, 0.25) is 0 Å². The molecule has 0 aliphatic carbocycles. The van der Waals surface area contributed by atoms with E-state index in [1.165, 1.54) is 0 Å². The van der Waals surface area contributed by atoms with E-state index in [4.69, 9.17) is 0 Å². The Bertz CT molecular complexity index is 516. The number of urea groups is 1. The van der Waals surface area contributed by atoms with Crippen molar-refractivity contribution < 1.29 is 4.79 Å². The number of pyridine rings is 1. The van der Waals surface area contributed by atoms with Gasteiger partial charge < -0.3 is 10.6 Å². The van der Waals surface area contributed by atoms with Crippen LogP contribution in [0.15, 0.2) is 53.3 Å². The first kappa shape index (κ1) is 11.6. The van der Waals surface area contributed by atoms with Crippen molar-refractivity contribution in [2.24, 2.45) is 0 Å². The second-order valence-electron chi connectivity index (χ2n) is 3.33. The average molecular weight is 292 g/mol. The molecular formula is C12H10BrN3O. The number of hydrogen-bond acceptors (Lipinski definition) is 2. The zero-order valence-electron chi connectivity index (χ0n) is 8.85. The van der Waals surface area contributed by atoms with Crippen LogP contribution in [0.1, 0.15) is 0 Å². The summed E-state index contributed by atoms with van der Waals surface area (Å²) >= 11 is 3.34.